The van der Waals surface area contributed by atoms with Crippen molar-refractivity contribution < 1.29 is 0 Å². The molecule has 4 aliphatic heterocycles. The first-order valence-corrected chi connectivity index (χ1v) is 37.0. The molecule has 17 rings (SSSR count). The van der Waals surface area contributed by atoms with Gasteiger partial charge in [0.25, 0.3) is 0 Å². The molecule has 0 atom stereocenters. The molecule has 518 valence electrons. The van der Waals surface area contributed by atoms with Crippen LogP contribution in [0.4, 0.5) is 0 Å². The van der Waals surface area contributed by atoms with Crippen LogP contribution >= 0.6 is 0 Å². The number of nitrogens with one attached hydrogen (secondary N) is 4. The molecule has 6 aromatic heterocycles. The van der Waals surface area contributed by atoms with Crippen molar-refractivity contribution in [2.75, 3.05) is 0 Å². The summed E-state index contributed by atoms with van der Waals surface area (Å²) in [5, 5.41) is 0. The van der Waals surface area contributed by atoms with E-state index in [9.17, 15) is 0 Å². The van der Waals surface area contributed by atoms with Gasteiger partial charge in [-0.1, -0.05) is 271 Å². The number of aromatic amines is 4. The molecule has 8 nitrogen and oxygen atoms in total. The van der Waals surface area contributed by atoms with Crippen molar-refractivity contribution in [3.8, 4) is 89.0 Å². The van der Waals surface area contributed by atoms with E-state index in [2.05, 4.69) is 382 Å². The molecule has 0 unspecified atom stereocenters. The second kappa shape index (κ2) is 25.9. The molecule has 0 saturated heterocycles. The van der Waals surface area contributed by atoms with Crippen LogP contribution < -0.4 is 0 Å². The fourth-order valence-electron chi connectivity index (χ4n) is 15.4. The lowest BCUT2D eigenvalue weighted by Gasteiger charge is -2.26. The number of benzene rings is 7. The summed E-state index contributed by atoms with van der Waals surface area (Å²) in [6.07, 6.45) is 17.6. The summed E-state index contributed by atoms with van der Waals surface area (Å²) in [6.45, 7) is 27.7. The summed E-state index contributed by atoms with van der Waals surface area (Å²) in [6, 6.07) is 83.5. The van der Waals surface area contributed by atoms with E-state index in [-0.39, 0.29) is 21.7 Å². The van der Waals surface area contributed by atoms with Crippen molar-refractivity contribution in [1.29, 1.82) is 0 Å². The molecule has 0 saturated carbocycles. The molecule has 4 N–H and O–H groups in total. The largest absolute Gasteiger partial charge is 0.354 e. The first kappa shape index (κ1) is 66.9. The maximum atomic E-state index is 6.10. The van der Waals surface area contributed by atoms with Gasteiger partial charge in [-0.25, -0.2) is 19.9 Å². The molecule has 0 aliphatic carbocycles. The monoisotopic (exact) mass is 1370 g/mol. The Labute approximate surface area is 620 Å². The van der Waals surface area contributed by atoms with E-state index >= 15 is 0 Å². The van der Waals surface area contributed by atoms with Gasteiger partial charge in [-0.15, -0.1) is 0 Å². The summed E-state index contributed by atoms with van der Waals surface area (Å²) in [4.78, 5) is 40.1. The molecule has 8 heteroatoms. The molecule has 106 heavy (non-hydrogen) atoms. The molecule has 13 aromatic rings. The zero-order chi connectivity index (χ0) is 73.0. The number of fused-ring (bicyclic) bond motifs is 16. The van der Waals surface area contributed by atoms with Crippen molar-refractivity contribution in [3.05, 3.63) is 298 Å². The Morgan fingerprint density at radius 1 is 0.198 bits per heavy atom. The summed E-state index contributed by atoms with van der Waals surface area (Å²) in [7, 11) is 0. The average molecular weight is 1380 g/mol. The lowest BCUT2D eigenvalue weighted by Crippen LogP contribution is -2.16. The van der Waals surface area contributed by atoms with Gasteiger partial charge in [0.05, 0.1) is 51.1 Å². The Bertz CT molecular complexity index is 6040. The minimum atomic E-state index is -0.173. The van der Waals surface area contributed by atoms with Crippen LogP contribution in [0.5, 0.6) is 0 Å². The van der Waals surface area contributed by atoms with Gasteiger partial charge in [-0.05, 0) is 174 Å². The second-order valence-corrected chi connectivity index (χ2v) is 32.6. The topological polar surface area (TPSA) is 115 Å². The molecule has 7 aromatic carbocycles. The second-order valence-electron chi connectivity index (χ2n) is 32.6. The van der Waals surface area contributed by atoms with Crippen molar-refractivity contribution in [3.63, 3.8) is 0 Å². The molecule has 0 radical (unpaired) electrons. The fourth-order valence-corrected chi connectivity index (χ4v) is 15.4. The summed E-state index contributed by atoms with van der Waals surface area (Å²) < 4.78 is 0. The van der Waals surface area contributed by atoms with Crippen LogP contribution in [0.25, 0.3) is 182 Å². The number of hydrogen-bond acceptors (Lipinski definition) is 4. The van der Waals surface area contributed by atoms with Gasteiger partial charge in [0.1, 0.15) is 0 Å². The third-order valence-corrected chi connectivity index (χ3v) is 21.1. The van der Waals surface area contributed by atoms with Crippen LogP contribution in [0.1, 0.15) is 151 Å². The highest BCUT2D eigenvalue weighted by molar-refractivity contribution is 6.09. The van der Waals surface area contributed by atoms with E-state index in [4.69, 9.17) is 19.9 Å². The van der Waals surface area contributed by atoms with Crippen molar-refractivity contribution in [2.45, 2.75) is 105 Å². The Balaban J connectivity index is 1.10. The van der Waals surface area contributed by atoms with Gasteiger partial charge in [0.15, 0.2) is 0 Å². The highest BCUT2D eigenvalue weighted by Crippen LogP contribution is 2.47. The van der Waals surface area contributed by atoms with E-state index in [0.29, 0.717) is 0 Å². The lowest BCUT2D eigenvalue weighted by molar-refractivity contribution is 0.568. The highest BCUT2D eigenvalue weighted by atomic mass is 14.8. The standard InChI is InChI=1S/C98H86N8/c1-95(2,3)66-52-64(53-67(56-66)96(4,5)6)90-78-44-41-74(101-78)87(60-30-20-14-21-31-60)75-42-45-79(102-75)91(65-54-68(97(7,8)9)57-69(55-65)98(10,11)12)81-48-51-84(105-81)93(83-50-47-80(90)104-83)70-58-85-89(62-34-24-16-25-35-62)77-43-40-73(100-77)86(59-28-18-13-19-29-59)71-38-39-72(99-71)88(61-32-22-15-23-33-61)76-46-49-82(103-76)92(94(70)106-85)63-36-26-17-27-37-63/h13-58,99,101,105-106H,1-12H3. The summed E-state index contributed by atoms with van der Waals surface area (Å²) in [5.74, 6) is 0. The van der Waals surface area contributed by atoms with Crippen LogP contribution in [-0.2, 0) is 21.7 Å². The van der Waals surface area contributed by atoms with Crippen LogP contribution in [0.15, 0.2) is 231 Å². The molecule has 0 amide bonds. The molecule has 0 fully saturated rings. The summed E-state index contributed by atoms with van der Waals surface area (Å²) >= 11 is 0. The minimum Gasteiger partial charge on any atom is -0.354 e. The SMILES string of the molecule is CC(C)(C)c1cc(-c2c3nc(c(-c4cc5[nH]c4c(-c4ccccc4)c4nc(c(-c6ccccc6)c6ccc([nH]6)c(-c6ccccc6)c6nc(c5-c5ccccc5)C=C6)C=C4)c4ccc([nH]4)c(-c4cc(C(C)(C)C)cc(C(C)(C)C)c4)c4nc(c(-c5ccccc5)c5ccc2[nH]5)C=C4)C=C3)cc(C(C)(C)C)c1. The average Bonchev–Trinajstić information content (AvgIpc) is 1.57. The number of nitrogens with zero attached hydrogens (tertiary/aromatic N) is 4. The van der Waals surface area contributed by atoms with Crippen molar-refractivity contribution in [1.82, 2.24) is 39.9 Å². The van der Waals surface area contributed by atoms with Crippen molar-refractivity contribution in [2.24, 2.45) is 0 Å². The maximum Gasteiger partial charge on any atom is 0.0738 e. The molecular weight excluding hydrogens is 1290 g/mol. The van der Waals surface area contributed by atoms with Gasteiger partial charge >= 0.3 is 0 Å². The lowest BCUT2D eigenvalue weighted by atomic mass is 9.78. The van der Waals surface area contributed by atoms with Crippen LogP contribution in [0.2, 0.25) is 0 Å². The molecular formula is C98H86N8. The maximum absolute atomic E-state index is 6.10. The summed E-state index contributed by atoms with van der Waals surface area (Å²) in [5.41, 5.74) is 34.0. The van der Waals surface area contributed by atoms with Gasteiger partial charge < -0.3 is 19.9 Å². The predicted molar refractivity (Wildman–Crippen MR) is 450 cm³/mol. The normalized spacial score (nSPS) is 12.9. The van der Waals surface area contributed by atoms with E-state index in [1.54, 1.807) is 0 Å². The van der Waals surface area contributed by atoms with Crippen LogP contribution in [0, 0.1) is 0 Å². The highest BCUT2D eigenvalue weighted by Gasteiger charge is 2.29. The number of hydrogen-bond donors (Lipinski definition) is 4. The number of rotatable bonds is 8. The minimum absolute atomic E-state index is 0.173. The third-order valence-electron chi connectivity index (χ3n) is 21.1. The Kier molecular flexibility index (Phi) is 16.3. The quantitative estimate of drug-likeness (QED) is 0.121. The van der Waals surface area contributed by atoms with E-state index < -0.39 is 0 Å². The van der Waals surface area contributed by atoms with Crippen LogP contribution in [-0.4, -0.2) is 39.9 Å². The smallest absolute Gasteiger partial charge is 0.0738 e. The first-order chi connectivity index (χ1) is 51.0. The molecule has 10 heterocycles. The van der Waals surface area contributed by atoms with Gasteiger partial charge in [-0.2, -0.15) is 0 Å². The third kappa shape index (κ3) is 12.4. The van der Waals surface area contributed by atoms with Gasteiger partial charge in [-0.3, -0.25) is 0 Å². The molecule has 0 spiro atoms. The Morgan fingerprint density at radius 3 is 0.679 bits per heavy atom. The Hall–Kier alpha value is -12.3. The zero-order valence-corrected chi connectivity index (χ0v) is 62.3. The molecule has 16 bridgehead atoms. The van der Waals surface area contributed by atoms with E-state index in [1.165, 1.54) is 22.3 Å². The Morgan fingerprint density at radius 2 is 0.415 bits per heavy atom. The van der Waals surface area contributed by atoms with Crippen LogP contribution in [0.3, 0.4) is 0 Å². The number of aromatic nitrogens is 8. The van der Waals surface area contributed by atoms with E-state index in [0.717, 1.165) is 179 Å². The zero-order valence-electron chi connectivity index (χ0n) is 62.3. The van der Waals surface area contributed by atoms with Crippen molar-refractivity contribution >= 4 is 92.7 Å². The van der Waals surface area contributed by atoms with E-state index in [1.807, 2.05) is 0 Å². The van der Waals surface area contributed by atoms with Gasteiger partial charge in [0.2, 0.25) is 0 Å². The first-order valence-electron chi connectivity index (χ1n) is 37.0. The predicted octanol–water partition coefficient (Wildman–Crippen LogP) is 26.2. The van der Waals surface area contributed by atoms with Gasteiger partial charge in [0, 0.05) is 88.7 Å². The number of H-pyrrole nitrogens is 4. The molecule has 4 aliphatic rings. The fraction of sp³-hybridized carbons (Fsp3) is 0.163.